The van der Waals surface area contributed by atoms with Gasteiger partial charge in [-0.05, 0) is 49.2 Å². The van der Waals surface area contributed by atoms with E-state index in [1.54, 1.807) is 6.20 Å². The molecule has 0 saturated carbocycles. The maximum Gasteiger partial charge on any atom is 0.141 e. The molecule has 0 amide bonds. The van der Waals surface area contributed by atoms with Gasteiger partial charge in [-0.1, -0.05) is 25.1 Å². The molecule has 1 aliphatic heterocycles. The first-order valence-corrected chi connectivity index (χ1v) is 9.18. The van der Waals surface area contributed by atoms with Gasteiger partial charge < -0.3 is 20.1 Å². The minimum atomic E-state index is 0.0319. The van der Waals surface area contributed by atoms with Gasteiger partial charge in [0.1, 0.15) is 11.4 Å². The smallest absolute Gasteiger partial charge is 0.141 e. The van der Waals surface area contributed by atoms with Crippen LogP contribution in [-0.4, -0.2) is 34.8 Å². The minimum Gasteiger partial charge on any atom is -0.492 e. The van der Waals surface area contributed by atoms with Crippen LogP contribution in [0.4, 0.5) is 0 Å². The van der Waals surface area contributed by atoms with E-state index in [1.807, 2.05) is 36.5 Å². The number of piperidine rings is 1. The second-order valence-electron chi connectivity index (χ2n) is 7.44. The number of hydrogen-bond acceptors (Lipinski definition) is 4. The number of rotatable bonds is 5. The highest BCUT2D eigenvalue weighted by atomic mass is 16.5. The van der Waals surface area contributed by atoms with Gasteiger partial charge in [0, 0.05) is 23.4 Å². The molecule has 0 bridgehead atoms. The number of nitrogens with one attached hydrogen (secondary N) is 2. The molecule has 5 heteroatoms. The van der Waals surface area contributed by atoms with Crippen LogP contribution in [-0.2, 0) is 6.61 Å². The van der Waals surface area contributed by atoms with Crippen LogP contribution in [0.3, 0.4) is 0 Å². The van der Waals surface area contributed by atoms with Gasteiger partial charge in [0.2, 0.25) is 0 Å². The lowest BCUT2D eigenvalue weighted by Crippen LogP contribution is -2.38. The standard InChI is InChI=1S/C21H25N3O2/c1-21(6-9-22-10-7-21)14-26-18-5-8-23-20-19(18)17(12-24-20)16-4-2-3-15(11-16)13-25/h2-5,8,11-12,22,25H,6-7,9-10,13-14H2,1H3,(H,23,24). The van der Waals surface area contributed by atoms with Crippen molar-refractivity contribution in [2.75, 3.05) is 19.7 Å². The zero-order chi connectivity index (χ0) is 18.0. The summed E-state index contributed by atoms with van der Waals surface area (Å²) in [5.74, 6) is 0.861. The number of hydrogen-bond donors (Lipinski definition) is 3. The molecule has 1 saturated heterocycles. The lowest BCUT2D eigenvalue weighted by Gasteiger charge is -2.33. The summed E-state index contributed by atoms with van der Waals surface area (Å²) < 4.78 is 6.30. The lowest BCUT2D eigenvalue weighted by molar-refractivity contribution is 0.124. The van der Waals surface area contributed by atoms with Gasteiger partial charge in [-0.3, -0.25) is 0 Å². The molecular weight excluding hydrogens is 326 g/mol. The molecule has 26 heavy (non-hydrogen) atoms. The molecule has 0 spiro atoms. The molecule has 3 heterocycles. The lowest BCUT2D eigenvalue weighted by atomic mass is 9.82. The van der Waals surface area contributed by atoms with E-state index in [9.17, 15) is 5.11 Å². The van der Waals surface area contributed by atoms with Crippen LogP contribution in [0.15, 0.2) is 42.7 Å². The highest BCUT2D eigenvalue weighted by molar-refractivity contribution is 5.98. The van der Waals surface area contributed by atoms with Crippen LogP contribution in [0.2, 0.25) is 0 Å². The number of pyridine rings is 1. The topological polar surface area (TPSA) is 70.2 Å². The molecule has 4 rings (SSSR count). The Hall–Kier alpha value is -2.37. The molecular formula is C21H25N3O2. The van der Waals surface area contributed by atoms with Gasteiger partial charge >= 0.3 is 0 Å². The predicted octanol–water partition coefficient (Wildman–Crippen LogP) is 3.49. The van der Waals surface area contributed by atoms with E-state index in [1.165, 1.54) is 0 Å². The second-order valence-corrected chi connectivity index (χ2v) is 7.44. The molecule has 1 aliphatic rings. The van der Waals surface area contributed by atoms with E-state index in [0.717, 1.165) is 59.4 Å². The van der Waals surface area contributed by atoms with Crippen LogP contribution < -0.4 is 10.1 Å². The van der Waals surface area contributed by atoms with Gasteiger partial charge in [0.05, 0.1) is 18.6 Å². The Morgan fingerprint density at radius 3 is 2.88 bits per heavy atom. The third kappa shape index (κ3) is 3.32. The van der Waals surface area contributed by atoms with Crippen LogP contribution in [0.5, 0.6) is 5.75 Å². The second kappa shape index (κ2) is 7.09. The van der Waals surface area contributed by atoms with E-state index in [0.29, 0.717) is 6.61 Å². The molecule has 1 fully saturated rings. The zero-order valence-corrected chi connectivity index (χ0v) is 15.1. The highest BCUT2D eigenvalue weighted by Crippen LogP contribution is 2.36. The third-order valence-electron chi connectivity index (χ3n) is 5.34. The summed E-state index contributed by atoms with van der Waals surface area (Å²) in [4.78, 5) is 7.70. The summed E-state index contributed by atoms with van der Waals surface area (Å²) in [5.41, 5.74) is 4.02. The fourth-order valence-electron chi connectivity index (χ4n) is 3.64. The summed E-state index contributed by atoms with van der Waals surface area (Å²) in [6.07, 6.45) is 6.00. The fraction of sp³-hybridized carbons (Fsp3) is 0.381. The largest absolute Gasteiger partial charge is 0.492 e. The monoisotopic (exact) mass is 351 g/mol. The fourth-order valence-corrected chi connectivity index (χ4v) is 3.64. The van der Waals surface area contributed by atoms with Crippen molar-refractivity contribution in [3.05, 3.63) is 48.3 Å². The van der Waals surface area contributed by atoms with Crippen molar-refractivity contribution in [3.8, 4) is 16.9 Å². The Balaban J connectivity index is 1.68. The summed E-state index contributed by atoms with van der Waals surface area (Å²) in [6, 6.07) is 9.89. The Morgan fingerprint density at radius 2 is 2.08 bits per heavy atom. The minimum absolute atomic E-state index is 0.0319. The number of aliphatic hydroxyl groups is 1. The first-order valence-electron chi connectivity index (χ1n) is 9.18. The Kier molecular flexibility index (Phi) is 4.66. The van der Waals surface area contributed by atoms with E-state index in [-0.39, 0.29) is 12.0 Å². The van der Waals surface area contributed by atoms with Gasteiger partial charge in [0.15, 0.2) is 0 Å². The van der Waals surface area contributed by atoms with Crippen molar-refractivity contribution < 1.29 is 9.84 Å². The number of ether oxygens (including phenoxy) is 1. The van der Waals surface area contributed by atoms with E-state index in [2.05, 4.69) is 22.2 Å². The average molecular weight is 351 g/mol. The van der Waals surface area contributed by atoms with Crippen molar-refractivity contribution in [3.63, 3.8) is 0 Å². The molecule has 1 aromatic carbocycles. The molecule has 5 nitrogen and oxygen atoms in total. The van der Waals surface area contributed by atoms with Crippen LogP contribution in [0.25, 0.3) is 22.2 Å². The van der Waals surface area contributed by atoms with Gasteiger partial charge in [0.25, 0.3) is 0 Å². The van der Waals surface area contributed by atoms with Crippen molar-refractivity contribution in [1.82, 2.24) is 15.3 Å². The maximum absolute atomic E-state index is 9.43. The van der Waals surface area contributed by atoms with Crippen molar-refractivity contribution >= 4 is 11.0 Å². The van der Waals surface area contributed by atoms with E-state index >= 15 is 0 Å². The number of aromatic amines is 1. The number of nitrogens with zero attached hydrogens (tertiary/aromatic N) is 1. The Bertz CT molecular complexity index is 897. The predicted molar refractivity (Wildman–Crippen MR) is 103 cm³/mol. The molecule has 3 aromatic rings. The number of aliphatic hydroxyl groups excluding tert-OH is 1. The SMILES string of the molecule is CC1(COc2ccnc3[nH]cc(-c4cccc(CO)c4)c23)CCNCC1. The van der Waals surface area contributed by atoms with Crippen LogP contribution >= 0.6 is 0 Å². The normalized spacial score (nSPS) is 16.7. The summed E-state index contributed by atoms with van der Waals surface area (Å²) in [7, 11) is 0. The van der Waals surface area contributed by atoms with Crippen LogP contribution in [0.1, 0.15) is 25.3 Å². The van der Waals surface area contributed by atoms with E-state index in [4.69, 9.17) is 4.74 Å². The quantitative estimate of drug-likeness (QED) is 0.658. The maximum atomic E-state index is 9.43. The van der Waals surface area contributed by atoms with Gasteiger partial charge in [-0.25, -0.2) is 4.98 Å². The number of fused-ring (bicyclic) bond motifs is 1. The first kappa shape index (κ1) is 17.1. The molecule has 136 valence electrons. The Morgan fingerprint density at radius 1 is 1.23 bits per heavy atom. The summed E-state index contributed by atoms with van der Waals surface area (Å²) in [6.45, 7) is 5.14. The van der Waals surface area contributed by atoms with Gasteiger partial charge in [-0.15, -0.1) is 0 Å². The first-order chi connectivity index (χ1) is 12.7. The van der Waals surface area contributed by atoms with Gasteiger partial charge in [-0.2, -0.15) is 0 Å². The van der Waals surface area contributed by atoms with E-state index < -0.39 is 0 Å². The summed E-state index contributed by atoms with van der Waals surface area (Å²) >= 11 is 0. The molecule has 0 atom stereocenters. The van der Waals surface area contributed by atoms with Crippen LogP contribution in [0, 0.1) is 5.41 Å². The molecule has 0 unspecified atom stereocenters. The number of benzene rings is 1. The molecule has 0 radical (unpaired) electrons. The zero-order valence-electron chi connectivity index (χ0n) is 15.1. The molecule has 2 aromatic heterocycles. The third-order valence-corrected chi connectivity index (χ3v) is 5.34. The molecule has 3 N–H and O–H groups in total. The molecule has 0 aliphatic carbocycles. The highest BCUT2D eigenvalue weighted by Gasteiger charge is 2.28. The van der Waals surface area contributed by atoms with Crippen molar-refractivity contribution in [2.24, 2.45) is 5.41 Å². The van der Waals surface area contributed by atoms with Crippen molar-refractivity contribution in [1.29, 1.82) is 0 Å². The summed E-state index contributed by atoms with van der Waals surface area (Å²) in [5, 5.41) is 13.8. The van der Waals surface area contributed by atoms with Crippen molar-refractivity contribution in [2.45, 2.75) is 26.4 Å². The number of H-pyrrole nitrogens is 1. The Labute approximate surface area is 153 Å². The average Bonchev–Trinajstić information content (AvgIpc) is 3.12. The number of aromatic nitrogens is 2.